The van der Waals surface area contributed by atoms with Crippen LogP contribution < -0.4 is 10.6 Å². The predicted molar refractivity (Wildman–Crippen MR) is 76.3 cm³/mol. The van der Waals surface area contributed by atoms with E-state index in [0.717, 1.165) is 0 Å². The lowest BCUT2D eigenvalue weighted by Crippen LogP contribution is -2.44. The Bertz CT molecular complexity index is 659. The van der Waals surface area contributed by atoms with Crippen molar-refractivity contribution >= 4 is 11.9 Å². The van der Waals surface area contributed by atoms with E-state index in [1.165, 1.54) is 12.1 Å². The van der Waals surface area contributed by atoms with Crippen LogP contribution >= 0.6 is 0 Å². The van der Waals surface area contributed by atoms with E-state index in [1.54, 1.807) is 24.1 Å². The number of ether oxygens (including phenoxy) is 1. The summed E-state index contributed by atoms with van der Waals surface area (Å²) in [7, 11) is 1.56. The van der Waals surface area contributed by atoms with Crippen molar-refractivity contribution in [3.63, 3.8) is 0 Å². The molecular formula is C15H16FN3O3. The van der Waals surface area contributed by atoms with Crippen molar-refractivity contribution in [3.05, 3.63) is 46.9 Å². The van der Waals surface area contributed by atoms with Crippen LogP contribution in [0.5, 0.6) is 0 Å². The van der Waals surface area contributed by atoms with E-state index in [2.05, 4.69) is 10.6 Å². The van der Waals surface area contributed by atoms with Gasteiger partial charge in [0.2, 0.25) is 0 Å². The van der Waals surface area contributed by atoms with Crippen molar-refractivity contribution in [2.24, 2.45) is 0 Å². The number of carbonyl (C=O) groups is 2. The molecule has 7 heteroatoms. The molecule has 2 aliphatic heterocycles. The smallest absolute Gasteiger partial charge is 0.319 e. The average molecular weight is 305 g/mol. The van der Waals surface area contributed by atoms with Crippen LogP contribution in [0.1, 0.15) is 11.6 Å². The molecule has 0 fully saturated rings. The summed E-state index contributed by atoms with van der Waals surface area (Å²) in [4.78, 5) is 26.0. The van der Waals surface area contributed by atoms with E-state index in [4.69, 9.17) is 4.74 Å². The number of carbonyl (C=O) groups excluding carboxylic acids is 2. The zero-order chi connectivity index (χ0) is 15.7. The number of halogens is 1. The number of urea groups is 1. The van der Waals surface area contributed by atoms with Crippen LogP contribution in [0.25, 0.3) is 0 Å². The van der Waals surface area contributed by atoms with Crippen LogP contribution in [-0.4, -0.2) is 43.6 Å². The minimum Gasteiger partial charge on any atom is -0.383 e. The first kappa shape index (κ1) is 14.5. The quantitative estimate of drug-likeness (QED) is 0.869. The fraction of sp³-hybridized carbons (Fsp3) is 0.333. The summed E-state index contributed by atoms with van der Waals surface area (Å²) in [5.41, 5.74) is 1.57. The standard InChI is InChI=1S/C15H16FN3O3/c1-22-6-5-19-8-11-12(14(19)20)13(18-15(21)17-11)9-3-2-4-10(16)7-9/h2-4,7,13H,5-6,8H2,1H3,(H2,17,18,21). The van der Waals surface area contributed by atoms with Crippen molar-refractivity contribution in [3.8, 4) is 0 Å². The molecule has 0 radical (unpaired) electrons. The molecule has 6 nitrogen and oxygen atoms in total. The lowest BCUT2D eigenvalue weighted by molar-refractivity contribution is -0.126. The third kappa shape index (κ3) is 2.55. The lowest BCUT2D eigenvalue weighted by Gasteiger charge is -2.25. The molecule has 2 heterocycles. The zero-order valence-electron chi connectivity index (χ0n) is 12.1. The summed E-state index contributed by atoms with van der Waals surface area (Å²) in [6.07, 6.45) is 0. The van der Waals surface area contributed by atoms with E-state index < -0.39 is 17.9 Å². The van der Waals surface area contributed by atoms with Crippen LogP contribution in [0.2, 0.25) is 0 Å². The zero-order valence-corrected chi connectivity index (χ0v) is 12.1. The van der Waals surface area contributed by atoms with Crippen LogP contribution in [-0.2, 0) is 9.53 Å². The number of amides is 3. The Morgan fingerprint density at radius 3 is 2.95 bits per heavy atom. The van der Waals surface area contributed by atoms with Crippen LogP contribution in [0.15, 0.2) is 35.5 Å². The average Bonchev–Trinajstić information content (AvgIpc) is 2.80. The second-order valence-electron chi connectivity index (χ2n) is 5.20. The number of benzene rings is 1. The van der Waals surface area contributed by atoms with Crippen molar-refractivity contribution < 1.29 is 18.7 Å². The van der Waals surface area contributed by atoms with E-state index in [1.807, 2.05) is 0 Å². The van der Waals surface area contributed by atoms with Gasteiger partial charge < -0.3 is 20.3 Å². The van der Waals surface area contributed by atoms with Crippen LogP contribution in [0, 0.1) is 5.82 Å². The maximum atomic E-state index is 13.4. The number of hydrogen-bond donors (Lipinski definition) is 2. The summed E-state index contributed by atoms with van der Waals surface area (Å²) in [6.45, 7) is 1.18. The molecule has 0 aromatic heterocycles. The Morgan fingerprint density at radius 2 is 2.23 bits per heavy atom. The number of rotatable bonds is 4. The Morgan fingerprint density at radius 1 is 1.41 bits per heavy atom. The van der Waals surface area contributed by atoms with Gasteiger partial charge in [-0.2, -0.15) is 0 Å². The Balaban J connectivity index is 1.92. The van der Waals surface area contributed by atoms with E-state index >= 15 is 0 Å². The molecule has 3 amide bonds. The van der Waals surface area contributed by atoms with Gasteiger partial charge in [0.15, 0.2) is 0 Å². The summed E-state index contributed by atoms with van der Waals surface area (Å²) < 4.78 is 18.4. The van der Waals surface area contributed by atoms with Gasteiger partial charge in [0, 0.05) is 13.7 Å². The first-order valence-electron chi connectivity index (χ1n) is 6.94. The molecule has 0 spiro atoms. The van der Waals surface area contributed by atoms with Gasteiger partial charge in [0.05, 0.1) is 30.5 Å². The predicted octanol–water partition coefficient (Wildman–Crippen LogP) is 0.922. The molecule has 0 saturated carbocycles. The second-order valence-corrected chi connectivity index (χ2v) is 5.20. The van der Waals surface area contributed by atoms with Crippen molar-refractivity contribution in [1.29, 1.82) is 0 Å². The maximum absolute atomic E-state index is 13.4. The number of nitrogens with zero attached hydrogens (tertiary/aromatic N) is 1. The SMILES string of the molecule is COCCN1CC2=C(C1=O)C(c1cccc(F)c1)NC(=O)N2. The van der Waals surface area contributed by atoms with E-state index in [-0.39, 0.29) is 5.91 Å². The summed E-state index contributed by atoms with van der Waals surface area (Å²) in [6, 6.07) is 4.86. The Kier molecular flexibility index (Phi) is 3.81. The summed E-state index contributed by atoms with van der Waals surface area (Å²) in [5.74, 6) is -0.581. The minimum absolute atomic E-state index is 0.172. The molecule has 3 rings (SSSR count). The molecular weight excluding hydrogens is 289 g/mol. The normalized spacial score (nSPS) is 20.8. The Labute approximate surface area is 126 Å². The van der Waals surface area contributed by atoms with E-state index in [9.17, 15) is 14.0 Å². The van der Waals surface area contributed by atoms with Crippen molar-refractivity contribution in [2.75, 3.05) is 26.8 Å². The third-order valence-corrected chi connectivity index (χ3v) is 3.77. The number of hydrogen-bond acceptors (Lipinski definition) is 3. The molecule has 116 valence electrons. The van der Waals surface area contributed by atoms with E-state index in [0.29, 0.717) is 36.5 Å². The largest absolute Gasteiger partial charge is 0.383 e. The molecule has 0 saturated heterocycles. The molecule has 1 aromatic rings. The van der Waals surface area contributed by atoms with Crippen molar-refractivity contribution in [2.45, 2.75) is 6.04 Å². The Hall–Kier alpha value is -2.41. The number of nitrogens with one attached hydrogen (secondary N) is 2. The molecule has 1 unspecified atom stereocenters. The van der Waals surface area contributed by atoms with Gasteiger partial charge >= 0.3 is 6.03 Å². The topological polar surface area (TPSA) is 70.7 Å². The molecule has 2 N–H and O–H groups in total. The van der Waals surface area contributed by atoms with Crippen LogP contribution in [0.3, 0.4) is 0 Å². The fourth-order valence-corrected chi connectivity index (χ4v) is 2.75. The minimum atomic E-state index is -0.639. The second kappa shape index (κ2) is 5.76. The van der Waals surface area contributed by atoms with Gasteiger partial charge in [-0.3, -0.25) is 4.79 Å². The first-order chi connectivity index (χ1) is 10.6. The molecule has 1 atom stereocenters. The monoisotopic (exact) mass is 305 g/mol. The maximum Gasteiger partial charge on any atom is 0.319 e. The molecule has 1 aromatic carbocycles. The highest BCUT2D eigenvalue weighted by molar-refractivity contribution is 6.01. The highest BCUT2D eigenvalue weighted by atomic mass is 19.1. The van der Waals surface area contributed by atoms with Gasteiger partial charge in [-0.15, -0.1) is 0 Å². The van der Waals surface area contributed by atoms with Crippen molar-refractivity contribution in [1.82, 2.24) is 15.5 Å². The number of methoxy groups -OCH3 is 1. The van der Waals surface area contributed by atoms with Gasteiger partial charge in [-0.25, -0.2) is 9.18 Å². The highest BCUT2D eigenvalue weighted by Gasteiger charge is 2.40. The third-order valence-electron chi connectivity index (χ3n) is 3.77. The molecule has 0 bridgehead atoms. The van der Waals surface area contributed by atoms with Gasteiger partial charge in [-0.1, -0.05) is 12.1 Å². The first-order valence-corrected chi connectivity index (χ1v) is 6.94. The molecule has 22 heavy (non-hydrogen) atoms. The molecule has 2 aliphatic rings. The van der Waals surface area contributed by atoms with Gasteiger partial charge in [0.1, 0.15) is 5.82 Å². The summed E-state index contributed by atoms with van der Waals surface area (Å²) >= 11 is 0. The summed E-state index contributed by atoms with van der Waals surface area (Å²) in [5, 5.41) is 5.35. The van der Waals surface area contributed by atoms with Gasteiger partial charge in [0.25, 0.3) is 5.91 Å². The van der Waals surface area contributed by atoms with Crippen LogP contribution in [0.4, 0.5) is 9.18 Å². The highest BCUT2D eigenvalue weighted by Crippen LogP contribution is 2.32. The van der Waals surface area contributed by atoms with Gasteiger partial charge in [-0.05, 0) is 17.7 Å². The lowest BCUT2D eigenvalue weighted by atomic mass is 9.96. The molecule has 0 aliphatic carbocycles. The fourth-order valence-electron chi connectivity index (χ4n) is 2.75.